The van der Waals surface area contributed by atoms with Crippen molar-refractivity contribution < 1.29 is 4.79 Å². The van der Waals surface area contributed by atoms with E-state index in [1.165, 1.54) is 12.8 Å². The monoisotopic (exact) mass is 332 g/mol. The highest BCUT2D eigenvalue weighted by molar-refractivity contribution is 5.94. The predicted molar refractivity (Wildman–Crippen MR) is 101 cm³/mol. The topological polar surface area (TPSA) is 65.5 Å². The van der Waals surface area contributed by atoms with Gasteiger partial charge in [0.25, 0.3) is 5.91 Å². The molecular weight excluding hydrogens is 300 g/mol. The van der Waals surface area contributed by atoms with E-state index in [9.17, 15) is 4.79 Å². The molecule has 0 aliphatic rings. The number of hydrogen-bond donors (Lipinski definition) is 3. The number of amides is 1. The Labute approximate surface area is 146 Å². The van der Waals surface area contributed by atoms with Gasteiger partial charge in [-0.15, -0.1) is 0 Å². The van der Waals surface area contributed by atoms with Crippen LogP contribution >= 0.6 is 0 Å². The van der Waals surface area contributed by atoms with E-state index in [-0.39, 0.29) is 5.91 Å². The molecular formula is C19H32N4O. The number of guanidine groups is 1. The Morgan fingerprint density at radius 1 is 1.21 bits per heavy atom. The molecule has 134 valence electrons. The lowest BCUT2D eigenvalue weighted by Gasteiger charge is -2.12. The van der Waals surface area contributed by atoms with Crippen LogP contribution in [0, 0.1) is 5.92 Å². The molecule has 0 aliphatic carbocycles. The highest BCUT2D eigenvalue weighted by Crippen LogP contribution is 2.07. The summed E-state index contributed by atoms with van der Waals surface area (Å²) in [6, 6.07) is 7.57. The summed E-state index contributed by atoms with van der Waals surface area (Å²) in [4.78, 5) is 16.3. The van der Waals surface area contributed by atoms with Gasteiger partial charge in [-0.3, -0.25) is 4.79 Å². The number of rotatable bonds is 9. The Morgan fingerprint density at radius 3 is 2.67 bits per heavy atom. The summed E-state index contributed by atoms with van der Waals surface area (Å²) in [6.07, 6.45) is 3.65. The van der Waals surface area contributed by atoms with E-state index in [1.54, 1.807) is 7.05 Å². The van der Waals surface area contributed by atoms with Gasteiger partial charge in [0, 0.05) is 25.7 Å². The average molecular weight is 332 g/mol. The van der Waals surface area contributed by atoms with Crippen LogP contribution in [-0.4, -0.2) is 32.0 Å². The van der Waals surface area contributed by atoms with Gasteiger partial charge < -0.3 is 16.0 Å². The van der Waals surface area contributed by atoms with Gasteiger partial charge in [0.2, 0.25) is 0 Å². The number of carbonyl (C=O) groups is 1. The van der Waals surface area contributed by atoms with Gasteiger partial charge in [0.1, 0.15) is 0 Å². The van der Waals surface area contributed by atoms with E-state index in [0.717, 1.165) is 37.0 Å². The van der Waals surface area contributed by atoms with E-state index in [4.69, 9.17) is 0 Å². The second-order valence-corrected chi connectivity index (χ2v) is 6.29. The fourth-order valence-electron chi connectivity index (χ4n) is 2.35. The number of aliphatic imine (C=N–C) groups is 1. The molecule has 0 spiro atoms. The molecule has 0 heterocycles. The van der Waals surface area contributed by atoms with E-state index in [1.807, 2.05) is 24.3 Å². The van der Waals surface area contributed by atoms with Crippen LogP contribution in [0.2, 0.25) is 0 Å². The SMILES string of the molecule is CCNC(=NCc1cccc(C(=O)NC)c1)NCCCCC(C)C. The minimum atomic E-state index is -0.0731. The smallest absolute Gasteiger partial charge is 0.251 e. The quantitative estimate of drug-likeness (QED) is 0.370. The molecule has 1 aromatic rings. The lowest BCUT2D eigenvalue weighted by atomic mass is 10.1. The van der Waals surface area contributed by atoms with Gasteiger partial charge in [-0.25, -0.2) is 4.99 Å². The number of nitrogens with one attached hydrogen (secondary N) is 3. The minimum Gasteiger partial charge on any atom is -0.357 e. The zero-order valence-electron chi connectivity index (χ0n) is 15.5. The molecule has 0 aliphatic heterocycles. The maximum atomic E-state index is 11.7. The molecule has 0 fully saturated rings. The van der Waals surface area contributed by atoms with Crippen LogP contribution in [0.3, 0.4) is 0 Å². The zero-order chi connectivity index (χ0) is 17.8. The molecule has 0 atom stereocenters. The van der Waals surface area contributed by atoms with Gasteiger partial charge in [0.05, 0.1) is 6.54 Å². The maximum Gasteiger partial charge on any atom is 0.251 e. The summed E-state index contributed by atoms with van der Waals surface area (Å²) >= 11 is 0. The first-order valence-corrected chi connectivity index (χ1v) is 8.90. The standard InChI is InChI=1S/C19H32N4O/c1-5-21-19(22-12-7-6-9-15(2)3)23-14-16-10-8-11-17(13-16)18(24)20-4/h8,10-11,13,15H,5-7,9,12,14H2,1-4H3,(H,20,24)(H2,21,22,23). The fourth-order valence-corrected chi connectivity index (χ4v) is 2.35. The van der Waals surface area contributed by atoms with Crippen molar-refractivity contribution in [2.75, 3.05) is 20.1 Å². The zero-order valence-corrected chi connectivity index (χ0v) is 15.5. The highest BCUT2D eigenvalue weighted by atomic mass is 16.1. The molecule has 5 nitrogen and oxygen atoms in total. The van der Waals surface area contributed by atoms with Crippen molar-refractivity contribution in [2.24, 2.45) is 10.9 Å². The third-order valence-corrected chi connectivity index (χ3v) is 3.68. The number of hydrogen-bond acceptors (Lipinski definition) is 2. The van der Waals surface area contributed by atoms with Gasteiger partial charge in [-0.2, -0.15) is 0 Å². The van der Waals surface area contributed by atoms with Gasteiger partial charge in [-0.1, -0.05) is 38.8 Å². The number of carbonyl (C=O) groups excluding carboxylic acids is 1. The number of unbranched alkanes of at least 4 members (excludes halogenated alkanes) is 1. The summed E-state index contributed by atoms with van der Waals surface area (Å²) in [6.45, 7) is 8.87. The minimum absolute atomic E-state index is 0.0731. The normalized spacial score (nSPS) is 11.5. The molecule has 1 aromatic carbocycles. The molecule has 24 heavy (non-hydrogen) atoms. The maximum absolute atomic E-state index is 11.7. The molecule has 0 aromatic heterocycles. The summed E-state index contributed by atoms with van der Waals surface area (Å²) in [7, 11) is 1.64. The van der Waals surface area contributed by atoms with E-state index >= 15 is 0 Å². The van der Waals surface area contributed by atoms with E-state index in [0.29, 0.717) is 12.1 Å². The Bertz CT molecular complexity index is 526. The summed E-state index contributed by atoms with van der Waals surface area (Å²) < 4.78 is 0. The Kier molecular flexibility index (Phi) is 9.58. The van der Waals surface area contributed by atoms with Crippen LogP contribution < -0.4 is 16.0 Å². The van der Waals surface area contributed by atoms with Crippen molar-refractivity contribution >= 4 is 11.9 Å². The van der Waals surface area contributed by atoms with Crippen molar-refractivity contribution in [1.29, 1.82) is 0 Å². The molecule has 0 unspecified atom stereocenters. The third kappa shape index (κ3) is 7.99. The molecule has 0 saturated carbocycles. The fraction of sp³-hybridized carbons (Fsp3) is 0.579. The lowest BCUT2D eigenvalue weighted by Crippen LogP contribution is -2.37. The number of benzene rings is 1. The summed E-state index contributed by atoms with van der Waals surface area (Å²) in [5, 5.41) is 9.28. The molecule has 1 amide bonds. The Morgan fingerprint density at radius 2 is 2.00 bits per heavy atom. The first-order valence-electron chi connectivity index (χ1n) is 8.90. The van der Waals surface area contributed by atoms with Crippen LogP contribution in [0.1, 0.15) is 56.0 Å². The van der Waals surface area contributed by atoms with Crippen LogP contribution in [0.5, 0.6) is 0 Å². The second-order valence-electron chi connectivity index (χ2n) is 6.29. The molecule has 0 radical (unpaired) electrons. The molecule has 0 saturated heterocycles. The first-order chi connectivity index (χ1) is 11.6. The average Bonchev–Trinajstić information content (AvgIpc) is 2.58. The summed E-state index contributed by atoms with van der Waals surface area (Å²) in [5.74, 6) is 1.52. The second kappa shape index (κ2) is 11.5. The largest absolute Gasteiger partial charge is 0.357 e. The van der Waals surface area contributed by atoms with Crippen molar-refractivity contribution in [1.82, 2.24) is 16.0 Å². The van der Waals surface area contributed by atoms with Crippen LogP contribution in [-0.2, 0) is 6.54 Å². The summed E-state index contributed by atoms with van der Waals surface area (Å²) in [5.41, 5.74) is 1.69. The molecule has 0 bridgehead atoms. The van der Waals surface area contributed by atoms with Gasteiger partial charge >= 0.3 is 0 Å². The molecule has 3 N–H and O–H groups in total. The van der Waals surface area contributed by atoms with Crippen molar-refractivity contribution in [2.45, 2.75) is 46.6 Å². The van der Waals surface area contributed by atoms with E-state index < -0.39 is 0 Å². The van der Waals surface area contributed by atoms with Crippen LogP contribution in [0.25, 0.3) is 0 Å². The molecule has 5 heteroatoms. The third-order valence-electron chi connectivity index (χ3n) is 3.68. The number of nitrogens with zero attached hydrogens (tertiary/aromatic N) is 1. The van der Waals surface area contributed by atoms with Gasteiger partial charge in [0.15, 0.2) is 5.96 Å². The van der Waals surface area contributed by atoms with Gasteiger partial charge in [-0.05, 0) is 37.0 Å². The lowest BCUT2D eigenvalue weighted by molar-refractivity contribution is 0.0963. The van der Waals surface area contributed by atoms with Crippen molar-refractivity contribution in [3.63, 3.8) is 0 Å². The van der Waals surface area contributed by atoms with E-state index in [2.05, 4.69) is 41.7 Å². The predicted octanol–water partition coefficient (Wildman–Crippen LogP) is 2.93. The van der Waals surface area contributed by atoms with Crippen LogP contribution in [0.15, 0.2) is 29.3 Å². The first kappa shape index (κ1) is 20.0. The molecule has 1 rings (SSSR count). The highest BCUT2D eigenvalue weighted by Gasteiger charge is 2.04. The Balaban J connectivity index is 2.54. The Hall–Kier alpha value is -2.04. The van der Waals surface area contributed by atoms with Crippen molar-refractivity contribution in [3.8, 4) is 0 Å². The van der Waals surface area contributed by atoms with Crippen LogP contribution in [0.4, 0.5) is 0 Å². The van der Waals surface area contributed by atoms with Crippen molar-refractivity contribution in [3.05, 3.63) is 35.4 Å².